The summed E-state index contributed by atoms with van der Waals surface area (Å²) in [5.74, 6) is 2.36. The van der Waals surface area contributed by atoms with E-state index < -0.39 is 0 Å². The average molecular weight is 314 g/mol. The highest BCUT2D eigenvalue weighted by atomic mass is 16.7. The molecule has 0 radical (unpaired) electrons. The Morgan fingerprint density at radius 2 is 1.29 bits per heavy atom. The molecule has 0 bridgehead atoms. The van der Waals surface area contributed by atoms with Crippen LogP contribution < -0.4 is 9.47 Å². The molecular formula is C21H14O3. The highest BCUT2D eigenvalue weighted by Gasteiger charge is 2.22. The van der Waals surface area contributed by atoms with E-state index in [0.717, 1.165) is 44.9 Å². The third-order valence-corrected chi connectivity index (χ3v) is 4.28. The zero-order chi connectivity index (χ0) is 15.9. The van der Waals surface area contributed by atoms with Crippen molar-refractivity contribution in [3.05, 3.63) is 72.8 Å². The Bertz CT molecular complexity index is 1020. The van der Waals surface area contributed by atoms with Crippen molar-refractivity contribution < 1.29 is 13.9 Å². The van der Waals surface area contributed by atoms with Gasteiger partial charge in [-0.25, -0.2) is 0 Å². The molecule has 0 atom stereocenters. The van der Waals surface area contributed by atoms with Gasteiger partial charge in [0.05, 0.1) is 0 Å². The SMILES string of the molecule is c1ccc(-c2oc3cc4c(cc3c2-c2ccccc2)OCO4)cc1. The molecule has 0 spiro atoms. The summed E-state index contributed by atoms with van der Waals surface area (Å²) in [5.41, 5.74) is 4.05. The van der Waals surface area contributed by atoms with Crippen LogP contribution >= 0.6 is 0 Å². The van der Waals surface area contributed by atoms with Gasteiger partial charge in [0.1, 0.15) is 11.3 Å². The Kier molecular flexibility index (Phi) is 2.85. The van der Waals surface area contributed by atoms with E-state index in [9.17, 15) is 0 Å². The van der Waals surface area contributed by atoms with E-state index in [1.165, 1.54) is 0 Å². The molecule has 3 nitrogen and oxygen atoms in total. The topological polar surface area (TPSA) is 31.6 Å². The maximum absolute atomic E-state index is 6.23. The third-order valence-electron chi connectivity index (χ3n) is 4.28. The van der Waals surface area contributed by atoms with Crippen molar-refractivity contribution in [2.75, 3.05) is 6.79 Å². The van der Waals surface area contributed by atoms with Crippen LogP contribution in [-0.2, 0) is 0 Å². The number of ether oxygens (including phenoxy) is 2. The van der Waals surface area contributed by atoms with Gasteiger partial charge in [-0.1, -0.05) is 60.7 Å². The van der Waals surface area contributed by atoms with E-state index >= 15 is 0 Å². The Balaban J connectivity index is 1.85. The molecule has 0 amide bonds. The molecule has 1 aliphatic rings. The molecule has 0 aliphatic carbocycles. The predicted molar refractivity (Wildman–Crippen MR) is 93.2 cm³/mol. The van der Waals surface area contributed by atoms with Gasteiger partial charge in [0.25, 0.3) is 0 Å². The van der Waals surface area contributed by atoms with E-state index in [2.05, 4.69) is 24.3 Å². The molecule has 0 saturated carbocycles. The summed E-state index contributed by atoms with van der Waals surface area (Å²) < 4.78 is 17.3. The summed E-state index contributed by atoms with van der Waals surface area (Å²) >= 11 is 0. The molecule has 4 aromatic rings. The van der Waals surface area contributed by atoms with Gasteiger partial charge < -0.3 is 13.9 Å². The number of fused-ring (bicyclic) bond motifs is 2. The van der Waals surface area contributed by atoms with Crippen molar-refractivity contribution >= 4 is 11.0 Å². The quantitative estimate of drug-likeness (QED) is 0.490. The van der Waals surface area contributed by atoms with Crippen LogP contribution in [-0.4, -0.2) is 6.79 Å². The van der Waals surface area contributed by atoms with E-state index in [1.807, 2.05) is 48.5 Å². The van der Waals surface area contributed by atoms with E-state index in [4.69, 9.17) is 13.9 Å². The average Bonchev–Trinajstić information content (AvgIpc) is 3.24. The first-order chi connectivity index (χ1) is 11.9. The van der Waals surface area contributed by atoms with Crippen LogP contribution in [0.3, 0.4) is 0 Å². The predicted octanol–water partition coefficient (Wildman–Crippen LogP) is 5.50. The molecule has 0 unspecified atom stereocenters. The van der Waals surface area contributed by atoms with Crippen molar-refractivity contribution in [2.45, 2.75) is 0 Å². The molecule has 3 aromatic carbocycles. The summed E-state index contributed by atoms with van der Waals surface area (Å²) in [6.45, 7) is 0.258. The number of benzene rings is 3. The standard InChI is InChI=1S/C21H14O3/c1-3-7-14(8-4-1)20-16-11-18-19(23-13-22-18)12-17(16)24-21(20)15-9-5-2-6-10-15/h1-12H,13H2. The highest BCUT2D eigenvalue weighted by molar-refractivity contribution is 6.03. The van der Waals surface area contributed by atoms with Crippen molar-refractivity contribution in [1.29, 1.82) is 0 Å². The summed E-state index contributed by atoms with van der Waals surface area (Å²) in [6.07, 6.45) is 0. The van der Waals surface area contributed by atoms with Crippen LogP contribution in [0.15, 0.2) is 77.2 Å². The van der Waals surface area contributed by atoms with Gasteiger partial charge in [-0.3, -0.25) is 0 Å². The van der Waals surface area contributed by atoms with Crippen LogP contribution in [0.25, 0.3) is 33.4 Å². The van der Waals surface area contributed by atoms with Gasteiger partial charge in [0.2, 0.25) is 6.79 Å². The fourth-order valence-corrected chi connectivity index (χ4v) is 3.17. The highest BCUT2D eigenvalue weighted by Crippen LogP contribution is 2.45. The summed E-state index contributed by atoms with van der Waals surface area (Å²) in [7, 11) is 0. The van der Waals surface area contributed by atoms with Gasteiger partial charge in [-0.15, -0.1) is 0 Å². The lowest BCUT2D eigenvalue weighted by Crippen LogP contribution is -1.92. The van der Waals surface area contributed by atoms with Gasteiger partial charge >= 0.3 is 0 Å². The lowest BCUT2D eigenvalue weighted by atomic mass is 9.98. The molecule has 0 fully saturated rings. The lowest BCUT2D eigenvalue weighted by molar-refractivity contribution is 0.174. The Morgan fingerprint density at radius 3 is 2.00 bits per heavy atom. The minimum absolute atomic E-state index is 0.258. The summed E-state index contributed by atoms with van der Waals surface area (Å²) in [6, 6.07) is 24.4. The molecule has 116 valence electrons. The summed E-state index contributed by atoms with van der Waals surface area (Å²) in [4.78, 5) is 0. The molecule has 1 aromatic heterocycles. The first-order valence-electron chi connectivity index (χ1n) is 7.87. The first-order valence-corrected chi connectivity index (χ1v) is 7.87. The Morgan fingerprint density at radius 1 is 0.667 bits per heavy atom. The largest absolute Gasteiger partial charge is 0.455 e. The van der Waals surface area contributed by atoms with E-state index in [1.54, 1.807) is 0 Å². The fraction of sp³-hybridized carbons (Fsp3) is 0.0476. The molecule has 0 N–H and O–H groups in total. The fourth-order valence-electron chi connectivity index (χ4n) is 3.17. The van der Waals surface area contributed by atoms with Crippen molar-refractivity contribution in [2.24, 2.45) is 0 Å². The second-order valence-electron chi connectivity index (χ2n) is 5.74. The minimum atomic E-state index is 0.258. The maximum Gasteiger partial charge on any atom is 0.231 e. The number of furan rings is 1. The van der Waals surface area contributed by atoms with Crippen molar-refractivity contribution in [1.82, 2.24) is 0 Å². The van der Waals surface area contributed by atoms with Crippen molar-refractivity contribution in [3.63, 3.8) is 0 Å². The first kappa shape index (κ1) is 13.3. The van der Waals surface area contributed by atoms with Crippen LogP contribution in [0.2, 0.25) is 0 Å². The van der Waals surface area contributed by atoms with E-state index in [0.29, 0.717) is 0 Å². The van der Waals surface area contributed by atoms with E-state index in [-0.39, 0.29) is 6.79 Å². The lowest BCUT2D eigenvalue weighted by Gasteiger charge is -2.04. The minimum Gasteiger partial charge on any atom is -0.455 e. The molecule has 1 aliphatic heterocycles. The number of hydrogen-bond donors (Lipinski definition) is 0. The molecule has 5 rings (SSSR count). The number of rotatable bonds is 2. The van der Waals surface area contributed by atoms with Gasteiger partial charge in [-0.05, 0) is 11.6 Å². The van der Waals surface area contributed by atoms with Crippen LogP contribution in [0.1, 0.15) is 0 Å². The normalized spacial score (nSPS) is 12.7. The van der Waals surface area contributed by atoms with Crippen molar-refractivity contribution in [3.8, 4) is 33.9 Å². The zero-order valence-corrected chi connectivity index (χ0v) is 12.9. The Labute approximate surface area is 139 Å². The second-order valence-corrected chi connectivity index (χ2v) is 5.74. The smallest absolute Gasteiger partial charge is 0.231 e. The molecule has 2 heterocycles. The van der Waals surface area contributed by atoms with Crippen LogP contribution in [0.4, 0.5) is 0 Å². The second kappa shape index (κ2) is 5.17. The van der Waals surface area contributed by atoms with Gasteiger partial charge in [0.15, 0.2) is 11.5 Å². The zero-order valence-electron chi connectivity index (χ0n) is 12.9. The molecule has 0 saturated heterocycles. The Hall–Kier alpha value is -3.20. The number of hydrogen-bond acceptors (Lipinski definition) is 3. The molecule has 3 heteroatoms. The molecule has 24 heavy (non-hydrogen) atoms. The molecular weight excluding hydrogens is 300 g/mol. The van der Waals surface area contributed by atoms with Gasteiger partial charge in [0, 0.05) is 22.6 Å². The monoisotopic (exact) mass is 314 g/mol. The maximum atomic E-state index is 6.23. The van der Waals surface area contributed by atoms with Crippen LogP contribution in [0.5, 0.6) is 11.5 Å². The van der Waals surface area contributed by atoms with Gasteiger partial charge in [-0.2, -0.15) is 0 Å². The van der Waals surface area contributed by atoms with Crippen LogP contribution in [0, 0.1) is 0 Å². The third kappa shape index (κ3) is 1.98. The summed E-state index contributed by atoms with van der Waals surface area (Å²) in [5, 5.41) is 1.03.